The second-order valence-corrected chi connectivity index (χ2v) is 7.11. The van der Waals surface area contributed by atoms with Crippen LogP contribution in [0, 0.1) is 6.92 Å². The average molecular weight is 378 g/mol. The maximum atomic E-state index is 4.53. The molecule has 0 radical (unpaired) electrons. The Morgan fingerprint density at radius 3 is 2.70 bits per heavy atom. The number of nitrogens with zero attached hydrogens (tertiary/aromatic N) is 2. The number of aromatic nitrogens is 1. The summed E-state index contributed by atoms with van der Waals surface area (Å²) in [6.45, 7) is 12.3. The van der Waals surface area contributed by atoms with Crippen LogP contribution in [0.15, 0.2) is 28.9 Å². The summed E-state index contributed by atoms with van der Waals surface area (Å²) in [6.07, 6.45) is 4.36. The van der Waals surface area contributed by atoms with Gasteiger partial charge in [0.1, 0.15) is 0 Å². The van der Waals surface area contributed by atoms with Gasteiger partial charge in [0.25, 0.3) is 0 Å². The second-order valence-electron chi connectivity index (χ2n) is 6.19. The highest BCUT2D eigenvalue weighted by Gasteiger charge is 2.10. The monoisotopic (exact) mass is 377 g/mol. The predicted molar refractivity (Wildman–Crippen MR) is 104 cm³/mol. The Hall–Kier alpha value is -1.13. The first-order valence-corrected chi connectivity index (χ1v) is 9.38. The lowest BCUT2D eigenvalue weighted by molar-refractivity contribution is 0.295. The van der Waals surface area contributed by atoms with Crippen LogP contribution in [-0.4, -0.2) is 35.6 Å². The molecule has 1 aromatic carbocycles. The van der Waals surface area contributed by atoms with Crippen LogP contribution < -0.4 is 5.32 Å². The second kappa shape index (κ2) is 8.65. The molecule has 0 aliphatic rings. The molecule has 4 heteroatoms. The van der Waals surface area contributed by atoms with Gasteiger partial charge in [0.15, 0.2) is 0 Å². The molecule has 23 heavy (non-hydrogen) atoms. The van der Waals surface area contributed by atoms with Gasteiger partial charge in [0.05, 0.1) is 5.52 Å². The highest BCUT2D eigenvalue weighted by atomic mass is 79.9. The van der Waals surface area contributed by atoms with Crippen LogP contribution in [0.5, 0.6) is 0 Å². The normalized spacial score (nSPS) is 12.8. The summed E-state index contributed by atoms with van der Waals surface area (Å²) < 4.78 is 1.09. The van der Waals surface area contributed by atoms with Crippen molar-refractivity contribution in [1.82, 2.24) is 9.88 Å². The van der Waals surface area contributed by atoms with E-state index in [0.717, 1.165) is 23.1 Å². The number of anilines is 1. The summed E-state index contributed by atoms with van der Waals surface area (Å²) in [5, 5.41) is 4.90. The number of pyridine rings is 1. The Bertz CT molecular complexity index is 633. The van der Waals surface area contributed by atoms with Crippen molar-refractivity contribution in [3.05, 3.63) is 34.4 Å². The van der Waals surface area contributed by atoms with Crippen molar-refractivity contribution in [1.29, 1.82) is 0 Å². The first-order valence-electron chi connectivity index (χ1n) is 8.58. The van der Waals surface area contributed by atoms with Crippen molar-refractivity contribution in [2.75, 3.05) is 25.0 Å². The zero-order valence-electron chi connectivity index (χ0n) is 14.7. The molecule has 0 fully saturated rings. The number of rotatable bonds is 8. The molecule has 3 nitrogen and oxygen atoms in total. The van der Waals surface area contributed by atoms with E-state index in [1.165, 1.54) is 36.0 Å². The maximum absolute atomic E-state index is 4.53. The van der Waals surface area contributed by atoms with Crippen LogP contribution in [0.1, 0.15) is 39.2 Å². The number of hydrogen-bond acceptors (Lipinski definition) is 3. The number of fused-ring (bicyclic) bond motifs is 1. The third kappa shape index (κ3) is 4.92. The fourth-order valence-electron chi connectivity index (χ4n) is 2.94. The lowest BCUT2D eigenvalue weighted by Crippen LogP contribution is -2.25. The molecule has 126 valence electrons. The largest absolute Gasteiger partial charge is 0.382 e. The molecule has 0 amide bonds. The van der Waals surface area contributed by atoms with Gasteiger partial charge >= 0.3 is 0 Å². The van der Waals surface area contributed by atoms with Crippen molar-refractivity contribution in [3.63, 3.8) is 0 Å². The zero-order valence-corrected chi connectivity index (χ0v) is 16.3. The maximum Gasteiger partial charge on any atom is 0.0723 e. The van der Waals surface area contributed by atoms with Crippen LogP contribution >= 0.6 is 15.9 Å². The van der Waals surface area contributed by atoms with Gasteiger partial charge in [-0.15, -0.1) is 0 Å². The van der Waals surface area contributed by atoms with Gasteiger partial charge in [-0.3, -0.25) is 4.98 Å². The fourth-order valence-corrected chi connectivity index (χ4v) is 3.30. The summed E-state index contributed by atoms with van der Waals surface area (Å²) in [7, 11) is 0. The van der Waals surface area contributed by atoms with Crippen molar-refractivity contribution in [2.24, 2.45) is 0 Å². The number of nitrogens with one attached hydrogen (secondary N) is 1. The Kier molecular flexibility index (Phi) is 6.85. The first-order chi connectivity index (χ1) is 11.0. The van der Waals surface area contributed by atoms with E-state index in [1.807, 2.05) is 12.3 Å². The lowest BCUT2D eigenvalue weighted by Gasteiger charge is -2.21. The van der Waals surface area contributed by atoms with Gasteiger partial charge < -0.3 is 10.2 Å². The molecule has 2 aromatic rings. The highest BCUT2D eigenvalue weighted by Crippen LogP contribution is 2.29. The molecule has 1 aromatic heterocycles. The standard InChI is InChI=1S/C19H28BrN3/c1-5-23(6-2)11-7-8-15(4)22-19-14(3)13-21-18-10-9-16(20)12-17(18)19/h9-10,12-13,15H,5-8,11H2,1-4H3,(H,21,22). The van der Waals surface area contributed by atoms with Gasteiger partial charge in [-0.25, -0.2) is 0 Å². The van der Waals surface area contributed by atoms with E-state index in [-0.39, 0.29) is 0 Å². The quantitative estimate of drug-likeness (QED) is 0.682. The van der Waals surface area contributed by atoms with Crippen LogP contribution in [-0.2, 0) is 0 Å². The van der Waals surface area contributed by atoms with Crippen LogP contribution in [0.3, 0.4) is 0 Å². The summed E-state index contributed by atoms with van der Waals surface area (Å²) >= 11 is 3.57. The summed E-state index contributed by atoms with van der Waals surface area (Å²) in [4.78, 5) is 7.01. The highest BCUT2D eigenvalue weighted by molar-refractivity contribution is 9.10. The molecule has 0 bridgehead atoms. The number of halogens is 1. The number of benzene rings is 1. The third-order valence-corrected chi connectivity index (χ3v) is 4.91. The molecule has 0 saturated carbocycles. The SMILES string of the molecule is CCN(CC)CCCC(C)Nc1c(C)cnc2ccc(Br)cc12. The average Bonchev–Trinajstić information content (AvgIpc) is 2.54. The van der Waals surface area contributed by atoms with Gasteiger partial charge in [-0.2, -0.15) is 0 Å². The molecule has 0 aliphatic carbocycles. The van der Waals surface area contributed by atoms with Gasteiger partial charge in [-0.05, 0) is 70.1 Å². The Balaban J connectivity index is 2.06. The summed E-state index contributed by atoms with van der Waals surface area (Å²) in [6, 6.07) is 6.71. The minimum Gasteiger partial charge on any atom is -0.382 e. The van der Waals surface area contributed by atoms with Gasteiger partial charge in [-0.1, -0.05) is 29.8 Å². The minimum atomic E-state index is 0.453. The number of hydrogen-bond donors (Lipinski definition) is 1. The van der Waals surface area contributed by atoms with Crippen molar-refractivity contribution in [3.8, 4) is 0 Å². The Labute approximate surface area is 148 Å². The topological polar surface area (TPSA) is 28.2 Å². The van der Waals surface area contributed by atoms with E-state index in [9.17, 15) is 0 Å². The van der Waals surface area contributed by atoms with Crippen LogP contribution in [0.2, 0.25) is 0 Å². The van der Waals surface area contributed by atoms with Crippen molar-refractivity contribution in [2.45, 2.75) is 46.6 Å². The minimum absolute atomic E-state index is 0.453. The molecular formula is C19H28BrN3. The molecular weight excluding hydrogens is 350 g/mol. The van der Waals surface area contributed by atoms with E-state index >= 15 is 0 Å². The van der Waals surface area contributed by atoms with Crippen molar-refractivity contribution < 1.29 is 0 Å². The van der Waals surface area contributed by atoms with Gasteiger partial charge in [0.2, 0.25) is 0 Å². The molecule has 1 atom stereocenters. The smallest absolute Gasteiger partial charge is 0.0723 e. The molecule has 0 saturated heterocycles. The molecule has 1 heterocycles. The first kappa shape index (κ1) is 18.2. The fraction of sp³-hybridized carbons (Fsp3) is 0.526. The van der Waals surface area contributed by atoms with Crippen LogP contribution in [0.4, 0.5) is 5.69 Å². The number of aryl methyl sites for hydroxylation is 1. The van der Waals surface area contributed by atoms with Gasteiger partial charge in [0, 0.05) is 27.8 Å². The molecule has 0 spiro atoms. The van der Waals surface area contributed by atoms with Crippen LogP contribution in [0.25, 0.3) is 10.9 Å². The molecule has 0 aliphatic heterocycles. The van der Waals surface area contributed by atoms with E-state index < -0.39 is 0 Å². The molecule has 1 unspecified atom stereocenters. The third-order valence-electron chi connectivity index (χ3n) is 4.42. The summed E-state index contributed by atoms with van der Waals surface area (Å²) in [5.41, 5.74) is 3.45. The van der Waals surface area contributed by atoms with E-state index in [1.54, 1.807) is 0 Å². The van der Waals surface area contributed by atoms with E-state index in [0.29, 0.717) is 6.04 Å². The molecule has 1 N–H and O–H groups in total. The zero-order chi connectivity index (χ0) is 16.8. The summed E-state index contributed by atoms with van der Waals surface area (Å²) in [5.74, 6) is 0. The predicted octanol–water partition coefficient (Wildman–Crippen LogP) is 5.23. The van der Waals surface area contributed by atoms with Crippen molar-refractivity contribution >= 4 is 32.5 Å². The Morgan fingerprint density at radius 1 is 1.26 bits per heavy atom. The Morgan fingerprint density at radius 2 is 2.00 bits per heavy atom. The lowest BCUT2D eigenvalue weighted by atomic mass is 10.1. The van der Waals surface area contributed by atoms with E-state index in [2.05, 4.69) is 71.0 Å². The molecule has 2 rings (SSSR count). The van der Waals surface area contributed by atoms with E-state index in [4.69, 9.17) is 0 Å².